The van der Waals surface area contributed by atoms with E-state index in [2.05, 4.69) is 5.32 Å². The normalized spacial score (nSPS) is 12.4. The standard InChI is InChI=1S/C18H17F2NO5S/c1-12(13-5-3-2-4-6-13)21-16(22)11-26-17(23)14-7-9-15(10-8-14)27(24,25)18(19)20/h2-10,12,18H,11H2,1H3,(H,21,22)/t12-/m1/s1. The van der Waals surface area contributed by atoms with Gasteiger partial charge in [-0.1, -0.05) is 30.3 Å². The van der Waals surface area contributed by atoms with Crippen molar-refractivity contribution in [1.29, 1.82) is 0 Å². The molecule has 0 aliphatic heterocycles. The lowest BCUT2D eigenvalue weighted by Crippen LogP contribution is -2.31. The van der Waals surface area contributed by atoms with Crippen LogP contribution in [-0.2, 0) is 19.4 Å². The third-order valence-electron chi connectivity index (χ3n) is 3.66. The first-order valence-electron chi connectivity index (χ1n) is 7.85. The molecule has 1 N–H and O–H groups in total. The van der Waals surface area contributed by atoms with Crippen LogP contribution in [0.25, 0.3) is 0 Å². The Labute approximate surface area is 155 Å². The molecule has 0 saturated carbocycles. The Morgan fingerprint density at radius 3 is 2.19 bits per heavy atom. The molecule has 1 amide bonds. The summed E-state index contributed by atoms with van der Waals surface area (Å²) in [5, 5.41) is 2.67. The van der Waals surface area contributed by atoms with Crippen molar-refractivity contribution in [2.75, 3.05) is 6.61 Å². The van der Waals surface area contributed by atoms with E-state index in [0.29, 0.717) is 0 Å². The van der Waals surface area contributed by atoms with Gasteiger partial charge in [0.2, 0.25) is 9.84 Å². The van der Waals surface area contributed by atoms with Crippen LogP contribution in [0.2, 0.25) is 0 Å². The Hall–Kier alpha value is -2.81. The predicted molar refractivity (Wildman–Crippen MR) is 92.9 cm³/mol. The molecule has 0 saturated heterocycles. The molecule has 0 fully saturated rings. The van der Waals surface area contributed by atoms with Crippen LogP contribution in [0.5, 0.6) is 0 Å². The lowest BCUT2D eigenvalue weighted by molar-refractivity contribution is -0.124. The fraction of sp³-hybridized carbons (Fsp3) is 0.222. The van der Waals surface area contributed by atoms with Gasteiger partial charge in [0.25, 0.3) is 5.91 Å². The number of halogens is 2. The number of amides is 1. The molecule has 9 heteroatoms. The molecule has 27 heavy (non-hydrogen) atoms. The molecule has 0 radical (unpaired) electrons. The number of hydrogen-bond donors (Lipinski definition) is 1. The number of rotatable bonds is 7. The molecule has 144 valence electrons. The van der Waals surface area contributed by atoms with Crippen LogP contribution in [0.1, 0.15) is 28.9 Å². The molecule has 0 aliphatic carbocycles. The summed E-state index contributed by atoms with van der Waals surface area (Å²) >= 11 is 0. The number of esters is 1. The maximum Gasteiger partial charge on any atom is 0.341 e. The number of hydrogen-bond acceptors (Lipinski definition) is 5. The summed E-state index contributed by atoms with van der Waals surface area (Å²) in [6.07, 6.45) is 0. The Bertz CT molecular complexity index is 899. The summed E-state index contributed by atoms with van der Waals surface area (Å²) in [5.41, 5.74) is 0.820. The van der Waals surface area contributed by atoms with E-state index >= 15 is 0 Å². The van der Waals surface area contributed by atoms with E-state index in [1.807, 2.05) is 30.3 Å². The fourth-order valence-corrected chi connectivity index (χ4v) is 2.93. The lowest BCUT2D eigenvalue weighted by Gasteiger charge is -2.14. The van der Waals surface area contributed by atoms with Crippen molar-refractivity contribution in [3.63, 3.8) is 0 Å². The second-order valence-corrected chi connectivity index (χ2v) is 7.52. The van der Waals surface area contributed by atoms with Gasteiger partial charge >= 0.3 is 11.7 Å². The molecule has 2 aromatic carbocycles. The van der Waals surface area contributed by atoms with E-state index < -0.39 is 39.0 Å². The van der Waals surface area contributed by atoms with E-state index in [1.165, 1.54) is 0 Å². The molecule has 0 heterocycles. The van der Waals surface area contributed by atoms with Gasteiger partial charge < -0.3 is 10.1 Å². The second kappa shape index (κ2) is 8.72. The monoisotopic (exact) mass is 397 g/mol. The highest BCUT2D eigenvalue weighted by Crippen LogP contribution is 2.19. The van der Waals surface area contributed by atoms with Crippen LogP contribution in [0, 0.1) is 0 Å². The Morgan fingerprint density at radius 2 is 1.63 bits per heavy atom. The maximum atomic E-state index is 12.5. The molecule has 0 aliphatic rings. The number of alkyl halides is 2. The van der Waals surface area contributed by atoms with Crippen LogP contribution < -0.4 is 5.32 Å². The summed E-state index contributed by atoms with van der Waals surface area (Å²) in [7, 11) is -4.73. The minimum Gasteiger partial charge on any atom is -0.452 e. The topological polar surface area (TPSA) is 89.5 Å². The van der Waals surface area contributed by atoms with Crippen LogP contribution in [0.3, 0.4) is 0 Å². The van der Waals surface area contributed by atoms with Crippen molar-refractivity contribution in [3.8, 4) is 0 Å². The van der Waals surface area contributed by atoms with Crippen molar-refractivity contribution in [2.24, 2.45) is 0 Å². The number of ether oxygens (including phenoxy) is 1. The van der Waals surface area contributed by atoms with Gasteiger partial charge in [0.1, 0.15) is 0 Å². The van der Waals surface area contributed by atoms with Crippen LogP contribution >= 0.6 is 0 Å². The highest BCUT2D eigenvalue weighted by atomic mass is 32.2. The predicted octanol–water partition coefficient (Wildman–Crippen LogP) is 2.72. The number of sulfone groups is 1. The van der Waals surface area contributed by atoms with E-state index in [4.69, 9.17) is 4.74 Å². The number of carbonyl (C=O) groups is 2. The van der Waals surface area contributed by atoms with E-state index in [0.717, 1.165) is 29.8 Å². The Morgan fingerprint density at radius 1 is 1.04 bits per heavy atom. The first kappa shape index (κ1) is 20.5. The van der Waals surface area contributed by atoms with E-state index in [-0.39, 0.29) is 11.6 Å². The molecule has 0 spiro atoms. The molecular weight excluding hydrogens is 380 g/mol. The van der Waals surface area contributed by atoms with E-state index in [1.54, 1.807) is 6.92 Å². The van der Waals surface area contributed by atoms with Crippen LogP contribution in [0.15, 0.2) is 59.5 Å². The van der Waals surface area contributed by atoms with Gasteiger partial charge in [-0.3, -0.25) is 4.79 Å². The SMILES string of the molecule is C[C@@H](NC(=O)COC(=O)c1ccc(S(=O)(=O)C(F)F)cc1)c1ccccc1. The molecule has 1 atom stereocenters. The van der Waals surface area contributed by atoms with Gasteiger partial charge in [0.15, 0.2) is 6.61 Å². The van der Waals surface area contributed by atoms with Crippen LogP contribution in [-0.4, -0.2) is 32.7 Å². The minimum atomic E-state index is -4.73. The van der Waals surface area contributed by atoms with Crippen LogP contribution in [0.4, 0.5) is 8.78 Å². The average Bonchev–Trinajstić information content (AvgIpc) is 2.66. The first-order valence-corrected chi connectivity index (χ1v) is 9.40. The number of carbonyl (C=O) groups excluding carboxylic acids is 2. The summed E-state index contributed by atoms with van der Waals surface area (Å²) in [5.74, 6) is -4.94. The van der Waals surface area contributed by atoms with Crippen molar-refractivity contribution >= 4 is 21.7 Å². The molecular formula is C18H17F2NO5S. The molecule has 2 rings (SSSR count). The van der Waals surface area contributed by atoms with Gasteiger partial charge in [-0.2, -0.15) is 8.78 Å². The molecule has 0 aromatic heterocycles. The summed E-state index contributed by atoms with van der Waals surface area (Å²) in [4.78, 5) is 23.2. The van der Waals surface area contributed by atoms with Crippen molar-refractivity contribution in [3.05, 3.63) is 65.7 Å². The third kappa shape index (κ3) is 5.33. The molecule has 0 bridgehead atoms. The quantitative estimate of drug-likeness (QED) is 0.726. The average molecular weight is 397 g/mol. The third-order valence-corrected chi connectivity index (χ3v) is 5.06. The fourth-order valence-electron chi connectivity index (χ4n) is 2.21. The first-order chi connectivity index (χ1) is 12.7. The molecule has 6 nitrogen and oxygen atoms in total. The van der Waals surface area contributed by atoms with Gasteiger partial charge in [-0.15, -0.1) is 0 Å². The zero-order valence-electron chi connectivity index (χ0n) is 14.3. The maximum absolute atomic E-state index is 12.5. The van der Waals surface area contributed by atoms with E-state index in [9.17, 15) is 26.8 Å². The Balaban J connectivity index is 1.91. The zero-order valence-corrected chi connectivity index (χ0v) is 15.1. The van der Waals surface area contributed by atoms with Gasteiger partial charge in [-0.25, -0.2) is 13.2 Å². The van der Waals surface area contributed by atoms with Crippen molar-refractivity contribution in [1.82, 2.24) is 5.32 Å². The minimum absolute atomic E-state index is 0.0628. The smallest absolute Gasteiger partial charge is 0.341 e. The largest absolute Gasteiger partial charge is 0.452 e. The van der Waals surface area contributed by atoms with Crippen molar-refractivity contribution < 1.29 is 31.5 Å². The van der Waals surface area contributed by atoms with Gasteiger partial charge in [-0.05, 0) is 36.8 Å². The highest BCUT2D eigenvalue weighted by Gasteiger charge is 2.26. The number of nitrogens with one attached hydrogen (secondary N) is 1. The number of benzene rings is 2. The highest BCUT2D eigenvalue weighted by molar-refractivity contribution is 7.91. The summed E-state index contributed by atoms with van der Waals surface area (Å²) in [6, 6.07) is 12.8. The van der Waals surface area contributed by atoms with Gasteiger partial charge in [0, 0.05) is 0 Å². The van der Waals surface area contributed by atoms with Crippen molar-refractivity contribution in [2.45, 2.75) is 23.6 Å². The molecule has 2 aromatic rings. The Kier molecular flexibility index (Phi) is 6.62. The lowest BCUT2D eigenvalue weighted by atomic mass is 10.1. The summed E-state index contributed by atoms with van der Waals surface area (Å²) in [6.45, 7) is 1.24. The van der Waals surface area contributed by atoms with Gasteiger partial charge in [0.05, 0.1) is 16.5 Å². The second-order valence-electron chi connectivity index (χ2n) is 5.61. The zero-order chi connectivity index (χ0) is 20.0. The summed E-state index contributed by atoms with van der Waals surface area (Å²) < 4.78 is 52.4. The molecule has 0 unspecified atom stereocenters.